The molecule has 1 unspecified atom stereocenters. The van der Waals surface area contributed by atoms with Crippen LogP contribution < -0.4 is 11.3 Å². The van der Waals surface area contributed by atoms with E-state index in [1.807, 2.05) is 12.1 Å². The smallest absolute Gasteiger partial charge is 0.0713 e. The van der Waals surface area contributed by atoms with Crippen molar-refractivity contribution < 1.29 is 0 Å². The van der Waals surface area contributed by atoms with Crippen LogP contribution in [0.2, 0.25) is 0 Å². The molecule has 1 atom stereocenters. The molecule has 2 rings (SSSR count). The third-order valence-electron chi connectivity index (χ3n) is 2.95. The van der Waals surface area contributed by atoms with Gasteiger partial charge in [0.15, 0.2) is 0 Å². The number of pyridine rings is 1. The number of aromatic nitrogens is 1. The van der Waals surface area contributed by atoms with E-state index in [2.05, 4.69) is 42.5 Å². The molecular formula is C14H17N3. The van der Waals surface area contributed by atoms with E-state index in [1.165, 1.54) is 16.7 Å². The number of benzene rings is 1. The molecule has 0 fully saturated rings. The van der Waals surface area contributed by atoms with Gasteiger partial charge >= 0.3 is 0 Å². The minimum Gasteiger partial charge on any atom is -0.271 e. The Morgan fingerprint density at radius 2 is 1.82 bits per heavy atom. The van der Waals surface area contributed by atoms with Crippen molar-refractivity contribution in [2.75, 3.05) is 0 Å². The van der Waals surface area contributed by atoms with Gasteiger partial charge in [-0.15, -0.1) is 0 Å². The van der Waals surface area contributed by atoms with Crippen LogP contribution in [-0.2, 0) is 0 Å². The molecule has 0 bridgehead atoms. The Bertz CT molecular complexity index is 494. The molecule has 0 aliphatic rings. The van der Waals surface area contributed by atoms with Gasteiger partial charge in [0.25, 0.3) is 0 Å². The second-order valence-corrected chi connectivity index (χ2v) is 4.24. The molecule has 1 heterocycles. The average molecular weight is 227 g/mol. The van der Waals surface area contributed by atoms with Gasteiger partial charge in [0.05, 0.1) is 6.04 Å². The number of aryl methyl sites for hydroxylation is 2. The summed E-state index contributed by atoms with van der Waals surface area (Å²) >= 11 is 0. The molecular weight excluding hydrogens is 210 g/mol. The fraction of sp³-hybridized carbons (Fsp3) is 0.214. The zero-order valence-electron chi connectivity index (χ0n) is 10.1. The van der Waals surface area contributed by atoms with Crippen LogP contribution in [0.25, 0.3) is 0 Å². The van der Waals surface area contributed by atoms with Crippen LogP contribution in [0.1, 0.15) is 28.3 Å². The summed E-state index contributed by atoms with van der Waals surface area (Å²) in [6, 6.07) is 10.4. The summed E-state index contributed by atoms with van der Waals surface area (Å²) in [7, 11) is 0. The highest BCUT2D eigenvalue weighted by atomic mass is 15.2. The first kappa shape index (κ1) is 11.8. The Balaban J connectivity index is 2.46. The van der Waals surface area contributed by atoms with Crippen LogP contribution in [0.3, 0.4) is 0 Å². The van der Waals surface area contributed by atoms with E-state index < -0.39 is 0 Å². The topological polar surface area (TPSA) is 50.9 Å². The van der Waals surface area contributed by atoms with Gasteiger partial charge in [-0.05, 0) is 42.7 Å². The first-order valence-electron chi connectivity index (χ1n) is 5.65. The van der Waals surface area contributed by atoms with Crippen LogP contribution in [0.15, 0.2) is 42.7 Å². The maximum absolute atomic E-state index is 5.69. The fourth-order valence-electron chi connectivity index (χ4n) is 1.99. The van der Waals surface area contributed by atoms with Gasteiger partial charge in [-0.2, -0.15) is 0 Å². The third kappa shape index (κ3) is 2.52. The van der Waals surface area contributed by atoms with Crippen LogP contribution in [0.5, 0.6) is 0 Å². The number of hydrazine groups is 1. The summed E-state index contributed by atoms with van der Waals surface area (Å²) in [5, 5.41) is 0. The molecule has 0 aliphatic carbocycles. The number of hydrogen-bond donors (Lipinski definition) is 2. The molecule has 0 saturated carbocycles. The summed E-state index contributed by atoms with van der Waals surface area (Å²) in [4.78, 5) is 4.03. The first-order chi connectivity index (χ1) is 8.22. The molecule has 3 heteroatoms. The van der Waals surface area contributed by atoms with E-state index in [-0.39, 0.29) is 6.04 Å². The lowest BCUT2D eigenvalue weighted by molar-refractivity contribution is 0.632. The van der Waals surface area contributed by atoms with E-state index in [9.17, 15) is 0 Å². The highest BCUT2D eigenvalue weighted by Gasteiger charge is 2.14. The molecule has 0 spiro atoms. The van der Waals surface area contributed by atoms with Crippen molar-refractivity contribution in [3.8, 4) is 0 Å². The SMILES string of the molecule is Cc1ccc(C)c(C(NN)c2ccncc2)c1. The van der Waals surface area contributed by atoms with Crippen molar-refractivity contribution in [3.05, 3.63) is 65.0 Å². The number of nitrogens with one attached hydrogen (secondary N) is 1. The molecule has 3 nitrogen and oxygen atoms in total. The van der Waals surface area contributed by atoms with E-state index in [1.54, 1.807) is 12.4 Å². The minimum atomic E-state index is 0.0119. The fourth-order valence-corrected chi connectivity index (χ4v) is 1.99. The number of hydrogen-bond acceptors (Lipinski definition) is 3. The Morgan fingerprint density at radius 3 is 2.47 bits per heavy atom. The lowest BCUT2D eigenvalue weighted by atomic mass is 9.95. The summed E-state index contributed by atoms with van der Waals surface area (Å²) in [5.74, 6) is 5.69. The molecule has 1 aromatic carbocycles. The van der Waals surface area contributed by atoms with Crippen LogP contribution in [0, 0.1) is 13.8 Å². The lowest BCUT2D eigenvalue weighted by Gasteiger charge is -2.19. The third-order valence-corrected chi connectivity index (χ3v) is 2.95. The quantitative estimate of drug-likeness (QED) is 0.624. The van der Waals surface area contributed by atoms with E-state index >= 15 is 0 Å². The van der Waals surface area contributed by atoms with Crippen molar-refractivity contribution in [1.29, 1.82) is 0 Å². The summed E-state index contributed by atoms with van der Waals surface area (Å²) in [6.07, 6.45) is 3.57. The van der Waals surface area contributed by atoms with E-state index in [0.29, 0.717) is 0 Å². The first-order valence-corrected chi connectivity index (χ1v) is 5.65. The molecule has 2 aromatic rings. The monoisotopic (exact) mass is 227 g/mol. The van der Waals surface area contributed by atoms with Gasteiger partial charge in [0, 0.05) is 12.4 Å². The predicted molar refractivity (Wildman–Crippen MR) is 69.3 cm³/mol. The second kappa shape index (κ2) is 5.08. The zero-order chi connectivity index (χ0) is 12.3. The Hall–Kier alpha value is -1.71. The zero-order valence-corrected chi connectivity index (χ0v) is 10.1. The highest BCUT2D eigenvalue weighted by Crippen LogP contribution is 2.24. The predicted octanol–water partition coefficient (Wildman–Crippen LogP) is 2.25. The van der Waals surface area contributed by atoms with Crippen molar-refractivity contribution >= 4 is 0 Å². The molecule has 88 valence electrons. The van der Waals surface area contributed by atoms with Gasteiger partial charge in [-0.1, -0.05) is 23.8 Å². The average Bonchev–Trinajstić information content (AvgIpc) is 2.36. The normalized spacial score (nSPS) is 12.4. The second-order valence-electron chi connectivity index (χ2n) is 4.24. The van der Waals surface area contributed by atoms with Crippen molar-refractivity contribution in [2.24, 2.45) is 5.84 Å². The maximum atomic E-state index is 5.69. The summed E-state index contributed by atoms with van der Waals surface area (Å²) < 4.78 is 0. The molecule has 0 amide bonds. The Labute approximate surface area is 102 Å². The van der Waals surface area contributed by atoms with Gasteiger partial charge in [-0.25, -0.2) is 5.43 Å². The summed E-state index contributed by atoms with van der Waals surface area (Å²) in [5.41, 5.74) is 7.67. The number of nitrogens with zero attached hydrogens (tertiary/aromatic N) is 1. The number of rotatable bonds is 3. The van der Waals surface area contributed by atoms with Crippen molar-refractivity contribution in [2.45, 2.75) is 19.9 Å². The maximum Gasteiger partial charge on any atom is 0.0713 e. The molecule has 0 radical (unpaired) electrons. The molecule has 3 N–H and O–H groups in total. The Morgan fingerprint density at radius 1 is 1.12 bits per heavy atom. The van der Waals surface area contributed by atoms with Crippen molar-refractivity contribution in [3.63, 3.8) is 0 Å². The summed E-state index contributed by atoms with van der Waals surface area (Å²) in [6.45, 7) is 4.18. The van der Waals surface area contributed by atoms with Gasteiger partial charge in [-0.3, -0.25) is 10.8 Å². The molecule has 1 aromatic heterocycles. The van der Waals surface area contributed by atoms with Gasteiger partial charge in [0.1, 0.15) is 0 Å². The largest absolute Gasteiger partial charge is 0.271 e. The van der Waals surface area contributed by atoms with Gasteiger partial charge in [0.2, 0.25) is 0 Å². The number of nitrogens with two attached hydrogens (primary N) is 1. The Kier molecular flexibility index (Phi) is 3.52. The van der Waals surface area contributed by atoms with Crippen molar-refractivity contribution in [1.82, 2.24) is 10.4 Å². The van der Waals surface area contributed by atoms with Crippen LogP contribution >= 0.6 is 0 Å². The van der Waals surface area contributed by atoms with Crippen LogP contribution in [-0.4, -0.2) is 4.98 Å². The van der Waals surface area contributed by atoms with Crippen LogP contribution in [0.4, 0.5) is 0 Å². The molecule has 0 saturated heterocycles. The van der Waals surface area contributed by atoms with E-state index in [4.69, 9.17) is 5.84 Å². The standard InChI is InChI=1S/C14H17N3/c1-10-3-4-11(2)13(9-10)14(17-15)12-5-7-16-8-6-12/h3-9,14,17H,15H2,1-2H3. The molecule has 17 heavy (non-hydrogen) atoms. The van der Waals surface area contributed by atoms with E-state index in [0.717, 1.165) is 5.56 Å². The minimum absolute atomic E-state index is 0.0119. The van der Waals surface area contributed by atoms with Gasteiger partial charge < -0.3 is 0 Å². The molecule has 0 aliphatic heterocycles. The lowest BCUT2D eigenvalue weighted by Crippen LogP contribution is -2.29. The highest BCUT2D eigenvalue weighted by molar-refractivity contribution is 5.38.